The average molecular weight is 389 g/mol. The number of rotatable bonds is 3. The summed E-state index contributed by atoms with van der Waals surface area (Å²) in [5, 5.41) is 2.67. The zero-order valence-corrected chi connectivity index (χ0v) is 15.4. The Morgan fingerprint density at radius 3 is 2.69 bits per heavy atom. The van der Waals surface area contributed by atoms with Crippen LogP contribution in [0.5, 0.6) is 0 Å². The van der Waals surface area contributed by atoms with Gasteiger partial charge in [0.25, 0.3) is 10.0 Å². The number of aromatic nitrogens is 1. The van der Waals surface area contributed by atoms with Crippen molar-refractivity contribution in [1.29, 1.82) is 0 Å². The summed E-state index contributed by atoms with van der Waals surface area (Å²) in [6.45, 7) is 2.09. The van der Waals surface area contributed by atoms with Crippen LogP contribution in [0.25, 0.3) is 10.2 Å². The number of hydrogen-bond acceptors (Lipinski definition) is 5. The molecule has 2 aromatic carbocycles. The Kier molecular flexibility index (Phi) is 3.85. The Morgan fingerprint density at radius 1 is 1.15 bits per heavy atom. The Hall–Kier alpha value is -2.65. The number of aryl methyl sites for hydroxylation is 1. The lowest BCUT2D eigenvalue weighted by Gasteiger charge is -2.30. The zero-order valence-electron chi connectivity index (χ0n) is 13.8. The van der Waals surface area contributed by atoms with Crippen molar-refractivity contribution in [3.63, 3.8) is 0 Å². The number of nitrogens with zero attached hydrogens (tertiary/aromatic N) is 2. The number of carbonyl (C=O) groups is 1. The molecule has 0 saturated heterocycles. The van der Waals surface area contributed by atoms with Crippen molar-refractivity contribution < 1.29 is 13.2 Å². The summed E-state index contributed by atoms with van der Waals surface area (Å²) in [6, 6.07) is 11.4. The van der Waals surface area contributed by atoms with Gasteiger partial charge in [-0.05, 0) is 37.3 Å². The predicted octanol–water partition coefficient (Wildman–Crippen LogP) is 2.23. The van der Waals surface area contributed by atoms with Crippen LogP contribution in [0.3, 0.4) is 0 Å². The highest BCUT2D eigenvalue weighted by Crippen LogP contribution is 2.34. The number of carbonyl (C=O) groups excluding carboxylic acids is 1. The highest BCUT2D eigenvalue weighted by molar-refractivity contribution is 7.93. The van der Waals surface area contributed by atoms with E-state index in [4.69, 9.17) is 0 Å². The number of thiazole rings is 1. The van der Waals surface area contributed by atoms with E-state index < -0.39 is 15.9 Å². The summed E-state index contributed by atoms with van der Waals surface area (Å²) < 4.78 is 29.6. The van der Waals surface area contributed by atoms with E-state index in [1.165, 1.54) is 12.1 Å². The van der Waals surface area contributed by atoms with Gasteiger partial charge in [-0.2, -0.15) is 0 Å². The molecule has 1 aliphatic heterocycles. The highest BCUT2D eigenvalue weighted by Gasteiger charge is 2.32. The molecule has 0 spiro atoms. The van der Waals surface area contributed by atoms with E-state index in [0.29, 0.717) is 28.1 Å². The van der Waals surface area contributed by atoms with Gasteiger partial charge in [0.2, 0.25) is 5.91 Å². The van der Waals surface area contributed by atoms with Crippen LogP contribution >= 0.6 is 11.3 Å². The summed E-state index contributed by atoms with van der Waals surface area (Å²) in [7, 11) is -3.94. The highest BCUT2D eigenvalue weighted by atomic mass is 32.2. The van der Waals surface area contributed by atoms with E-state index in [9.17, 15) is 18.0 Å². The van der Waals surface area contributed by atoms with Crippen LogP contribution in [0, 0.1) is 0 Å². The molecular formula is C17H15N3O4S2. The molecule has 26 heavy (non-hydrogen) atoms. The molecule has 134 valence electrons. The van der Waals surface area contributed by atoms with Gasteiger partial charge in [0.1, 0.15) is 6.54 Å². The maximum atomic E-state index is 13.2. The number of anilines is 2. The molecular weight excluding hydrogens is 374 g/mol. The van der Waals surface area contributed by atoms with Gasteiger partial charge in [0.05, 0.1) is 26.5 Å². The lowest BCUT2D eigenvalue weighted by molar-refractivity contribution is -0.115. The molecule has 0 saturated carbocycles. The third kappa shape index (κ3) is 2.51. The molecule has 3 aromatic rings. The van der Waals surface area contributed by atoms with Crippen LogP contribution in [0.2, 0.25) is 0 Å². The molecule has 0 aliphatic carbocycles. The summed E-state index contributed by atoms with van der Waals surface area (Å²) >= 11 is 1.01. The topological polar surface area (TPSA) is 88.5 Å². The number of para-hydroxylation sites is 2. The summed E-state index contributed by atoms with van der Waals surface area (Å²) in [4.78, 5) is 23.9. The molecule has 0 atom stereocenters. The molecule has 1 aliphatic rings. The van der Waals surface area contributed by atoms with Crippen molar-refractivity contribution in [2.45, 2.75) is 18.4 Å². The minimum Gasteiger partial charge on any atom is -0.323 e. The number of hydrogen-bond donors (Lipinski definition) is 1. The van der Waals surface area contributed by atoms with Gasteiger partial charge < -0.3 is 5.32 Å². The molecule has 0 unspecified atom stereocenters. The van der Waals surface area contributed by atoms with Crippen LogP contribution in [-0.4, -0.2) is 25.4 Å². The molecule has 1 aromatic heterocycles. The molecule has 7 nitrogen and oxygen atoms in total. The fourth-order valence-electron chi connectivity index (χ4n) is 3.05. The maximum Gasteiger partial charge on any atom is 0.308 e. The van der Waals surface area contributed by atoms with E-state index in [1.807, 2.05) is 6.92 Å². The number of benzene rings is 2. The fourth-order valence-corrected chi connectivity index (χ4v) is 5.59. The monoisotopic (exact) mass is 389 g/mol. The molecule has 1 N–H and O–H groups in total. The smallest absolute Gasteiger partial charge is 0.308 e. The minimum absolute atomic E-state index is 0.0546. The number of amides is 1. The first-order valence-corrected chi connectivity index (χ1v) is 10.2. The normalized spacial score (nSPS) is 14.3. The number of nitrogens with one attached hydrogen (secondary N) is 1. The van der Waals surface area contributed by atoms with Crippen LogP contribution in [0.1, 0.15) is 6.92 Å². The van der Waals surface area contributed by atoms with E-state index in [2.05, 4.69) is 5.32 Å². The van der Waals surface area contributed by atoms with Gasteiger partial charge in [-0.15, -0.1) is 0 Å². The Balaban J connectivity index is 1.86. The molecule has 0 fully saturated rings. The maximum absolute atomic E-state index is 13.2. The Morgan fingerprint density at radius 2 is 1.92 bits per heavy atom. The largest absolute Gasteiger partial charge is 0.323 e. The van der Waals surface area contributed by atoms with Gasteiger partial charge in [-0.3, -0.25) is 18.5 Å². The fraction of sp³-hybridized carbons (Fsp3) is 0.176. The SMILES string of the molecule is CCn1c(=O)sc2cc(S(=O)(=O)N3CC(=O)Nc4ccccc43)ccc21. The van der Waals surface area contributed by atoms with Gasteiger partial charge in [-0.1, -0.05) is 23.5 Å². The number of fused-ring (bicyclic) bond motifs is 2. The lowest BCUT2D eigenvalue weighted by atomic mass is 10.2. The Bertz CT molecular complexity index is 1190. The second-order valence-corrected chi connectivity index (χ2v) is 8.67. The molecule has 9 heteroatoms. The zero-order chi connectivity index (χ0) is 18.5. The van der Waals surface area contributed by atoms with Crippen molar-refractivity contribution in [2.24, 2.45) is 0 Å². The summed E-state index contributed by atoms with van der Waals surface area (Å²) in [5.74, 6) is -0.393. The third-order valence-electron chi connectivity index (χ3n) is 4.28. The predicted molar refractivity (Wildman–Crippen MR) is 101 cm³/mol. The van der Waals surface area contributed by atoms with Crippen molar-refractivity contribution in [1.82, 2.24) is 4.57 Å². The van der Waals surface area contributed by atoms with E-state index in [-0.39, 0.29) is 16.3 Å². The standard InChI is InChI=1S/C17H15N3O4S2/c1-2-19-14-8-7-11(9-15(14)25-17(19)22)26(23,24)20-10-16(21)18-12-5-3-4-6-13(12)20/h3-9H,2,10H2,1H3,(H,18,21). The van der Waals surface area contributed by atoms with Gasteiger partial charge >= 0.3 is 4.87 Å². The van der Waals surface area contributed by atoms with Crippen LogP contribution in [0.4, 0.5) is 11.4 Å². The average Bonchev–Trinajstić information content (AvgIpc) is 2.94. The quantitative estimate of drug-likeness (QED) is 0.744. The number of sulfonamides is 1. The first kappa shape index (κ1) is 16.8. The second-order valence-electron chi connectivity index (χ2n) is 5.82. The van der Waals surface area contributed by atoms with Crippen LogP contribution in [-0.2, 0) is 21.4 Å². The first-order chi connectivity index (χ1) is 12.4. The van der Waals surface area contributed by atoms with E-state index >= 15 is 0 Å². The molecule has 2 heterocycles. The minimum atomic E-state index is -3.94. The summed E-state index contributed by atoms with van der Waals surface area (Å²) in [6.07, 6.45) is 0. The molecule has 0 bridgehead atoms. The van der Waals surface area contributed by atoms with Crippen LogP contribution in [0.15, 0.2) is 52.2 Å². The van der Waals surface area contributed by atoms with E-state index in [1.54, 1.807) is 34.9 Å². The Labute approximate surface area is 153 Å². The second kappa shape index (κ2) is 5.96. The molecule has 0 radical (unpaired) electrons. The van der Waals surface area contributed by atoms with Crippen molar-refractivity contribution in [2.75, 3.05) is 16.2 Å². The van der Waals surface area contributed by atoms with Crippen LogP contribution < -0.4 is 14.5 Å². The van der Waals surface area contributed by atoms with Gasteiger partial charge in [0.15, 0.2) is 0 Å². The van der Waals surface area contributed by atoms with Gasteiger partial charge in [0, 0.05) is 6.54 Å². The third-order valence-corrected chi connectivity index (χ3v) is 6.98. The van der Waals surface area contributed by atoms with Crippen molar-refractivity contribution >= 4 is 48.9 Å². The lowest BCUT2D eigenvalue weighted by Crippen LogP contribution is -2.42. The molecule has 4 rings (SSSR count). The van der Waals surface area contributed by atoms with Crippen molar-refractivity contribution in [3.8, 4) is 0 Å². The van der Waals surface area contributed by atoms with Crippen molar-refractivity contribution in [3.05, 3.63) is 52.1 Å². The van der Waals surface area contributed by atoms with E-state index in [0.717, 1.165) is 15.6 Å². The van der Waals surface area contributed by atoms with Gasteiger partial charge in [-0.25, -0.2) is 8.42 Å². The molecule has 1 amide bonds. The summed E-state index contributed by atoms with van der Waals surface area (Å²) in [5.41, 5.74) is 1.58. The first-order valence-electron chi connectivity index (χ1n) is 7.97.